The first-order valence-electron chi connectivity index (χ1n) is 8.04. The second-order valence-corrected chi connectivity index (χ2v) is 5.81. The van der Waals surface area contributed by atoms with Gasteiger partial charge in [-0.05, 0) is 75.0 Å². The molecule has 1 aliphatic rings. The fourth-order valence-electron chi connectivity index (χ4n) is 2.83. The van der Waals surface area contributed by atoms with E-state index in [0.717, 1.165) is 36.6 Å². The molecule has 2 aromatic rings. The summed E-state index contributed by atoms with van der Waals surface area (Å²) in [5.74, 6) is 1.47. The van der Waals surface area contributed by atoms with Gasteiger partial charge in [0.1, 0.15) is 17.3 Å². The lowest BCUT2D eigenvalue weighted by Crippen LogP contribution is -2.15. The molecule has 124 valence electrons. The van der Waals surface area contributed by atoms with Gasteiger partial charge in [0, 0.05) is 5.56 Å². The normalized spacial score (nSPS) is 14.2. The summed E-state index contributed by atoms with van der Waals surface area (Å²) in [6.45, 7) is 1.72. The molecule has 4 heteroatoms. The first kappa shape index (κ1) is 17.8. The standard InChI is InChI=1S/C19H22FNO.ClH/c20-17-8-6-16(7-9-17)19-11-10-18(22-19)14-21-13-12-15-4-2-1-3-5-15;/h4,6-11,21H,1-3,5,12-14H2;1H. The second-order valence-electron chi connectivity index (χ2n) is 5.81. The summed E-state index contributed by atoms with van der Waals surface area (Å²) in [6, 6.07) is 10.3. The molecule has 23 heavy (non-hydrogen) atoms. The Morgan fingerprint density at radius 2 is 1.87 bits per heavy atom. The molecule has 0 fully saturated rings. The van der Waals surface area contributed by atoms with Crippen LogP contribution in [0.2, 0.25) is 0 Å². The lowest BCUT2D eigenvalue weighted by molar-refractivity contribution is 0.493. The number of rotatable bonds is 6. The summed E-state index contributed by atoms with van der Waals surface area (Å²) < 4.78 is 18.7. The Bertz CT molecular complexity index is 633. The maximum atomic E-state index is 12.9. The summed E-state index contributed by atoms with van der Waals surface area (Å²) in [7, 11) is 0. The molecule has 2 nitrogen and oxygen atoms in total. The highest BCUT2D eigenvalue weighted by Gasteiger charge is 2.06. The summed E-state index contributed by atoms with van der Waals surface area (Å²) in [6.07, 6.45) is 8.71. The van der Waals surface area contributed by atoms with Crippen molar-refractivity contribution in [3.05, 3.63) is 59.6 Å². The number of benzene rings is 1. The highest BCUT2D eigenvalue weighted by Crippen LogP contribution is 2.22. The third kappa shape index (κ3) is 5.22. The van der Waals surface area contributed by atoms with E-state index in [1.165, 1.54) is 37.8 Å². The first-order chi connectivity index (χ1) is 10.8. The molecule has 0 aliphatic heterocycles. The molecule has 0 radical (unpaired) electrons. The largest absolute Gasteiger partial charge is 0.460 e. The van der Waals surface area contributed by atoms with Gasteiger partial charge in [0.05, 0.1) is 6.54 Å². The van der Waals surface area contributed by atoms with E-state index in [1.807, 2.05) is 12.1 Å². The van der Waals surface area contributed by atoms with Gasteiger partial charge in [0.25, 0.3) is 0 Å². The van der Waals surface area contributed by atoms with Crippen LogP contribution in [0.1, 0.15) is 37.9 Å². The van der Waals surface area contributed by atoms with Crippen LogP contribution in [0.25, 0.3) is 11.3 Å². The number of nitrogens with one attached hydrogen (secondary N) is 1. The van der Waals surface area contributed by atoms with Crippen molar-refractivity contribution in [1.82, 2.24) is 5.32 Å². The molecule has 1 N–H and O–H groups in total. The maximum Gasteiger partial charge on any atom is 0.134 e. The van der Waals surface area contributed by atoms with Crippen LogP contribution in [-0.4, -0.2) is 6.54 Å². The molecule has 1 aliphatic carbocycles. The van der Waals surface area contributed by atoms with E-state index < -0.39 is 0 Å². The van der Waals surface area contributed by atoms with Crippen molar-refractivity contribution in [3.63, 3.8) is 0 Å². The predicted octanol–water partition coefficient (Wildman–Crippen LogP) is 5.49. The Kier molecular flexibility index (Phi) is 6.87. The molecular formula is C19H23ClFNO. The minimum Gasteiger partial charge on any atom is -0.460 e. The van der Waals surface area contributed by atoms with E-state index in [2.05, 4.69) is 11.4 Å². The summed E-state index contributed by atoms with van der Waals surface area (Å²) in [4.78, 5) is 0. The lowest BCUT2D eigenvalue weighted by atomic mass is 9.97. The van der Waals surface area contributed by atoms with Crippen molar-refractivity contribution in [1.29, 1.82) is 0 Å². The number of furan rings is 1. The van der Waals surface area contributed by atoms with Gasteiger partial charge < -0.3 is 9.73 Å². The second kappa shape index (κ2) is 8.90. The quantitative estimate of drug-likeness (QED) is 0.558. The lowest BCUT2D eigenvalue weighted by Gasteiger charge is -2.12. The van der Waals surface area contributed by atoms with Crippen molar-refractivity contribution in [2.45, 2.75) is 38.6 Å². The Balaban J connectivity index is 0.00000192. The van der Waals surface area contributed by atoms with Crippen LogP contribution in [0, 0.1) is 5.82 Å². The van der Waals surface area contributed by atoms with Gasteiger partial charge in [-0.3, -0.25) is 0 Å². The molecule has 0 saturated carbocycles. The van der Waals surface area contributed by atoms with E-state index in [0.29, 0.717) is 0 Å². The highest BCUT2D eigenvalue weighted by molar-refractivity contribution is 5.85. The van der Waals surface area contributed by atoms with Crippen LogP contribution in [-0.2, 0) is 6.54 Å². The zero-order valence-corrected chi connectivity index (χ0v) is 14.0. The fourth-order valence-corrected chi connectivity index (χ4v) is 2.83. The minimum absolute atomic E-state index is 0. The van der Waals surface area contributed by atoms with Crippen LogP contribution in [0.15, 0.2) is 52.5 Å². The van der Waals surface area contributed by atoms with E-state index in [-0.39, 0.29) is 18.2 Å². The third-order valence-corrected chi connectivity index (χ3v) is 4.10. The third-order valence-electron chi connectivity index (χ3n) is 4.10. The van der Waals surface area contributed by atoms with Crippen molar-refractivity contribution in [3.8, 4) is 11.3 Å². The van der Waals surface area contributed by atoms with Crippen LogP contribution < -0.4 is 5.32 Å². The summed E-state index contributed by atoms with van der Waals surface area (Å²) >= 11 is 0. The van der Waals surface area contributed by atoms with Gasteiger partial charge in [-0.2, -0.15) is 0 Å². The van der Waals surface area contributed by atoms with Gasteiger partial charge in [-0.1, -0.05) is 11.6 Å². The summed E-state index contributed by atoms with van der Waals surface area (Å²) in [5.41, 5.74) is 2.49. The van der Waals surface area contributed by atoms with Gasteiger partial charge in [0.2, 0.25) is 0 Å². The highest BCUT2D eigenvalue weighted by atomic mass is 35.5. The average molecular weight is 336 g/mol. The van der Waals surface area contributed by atoms with Gasteiger partial charge in [-0.25, -0.2) is 4.39 Å². The summed E-state index contributed by atoms with van der Waals surface area (Å²) in [5, 5.41) is 3.43. The van der Waals surface area contributed by atoms with Crippen molar-refractivity contribution in [2.75, 3.05) is 6.54 Å². The molecule has 1 heterocycles. The maximum absolute atomic E-state index is 12.9. The van der Waals surface area contributed by atoms with Crippen LogP contribution in [0.3, 0.4) is 0 Å². The number of hydrogen-bond acceptors (Lipinski definition) is 2. The SMILES string of the molecule is Cl.Fc1ccc(-c2ccc(CNCCC3=CCCCC3)o2)cc1. The van der Waals surface area contributed by atoms with Gasteiger partial charge in [0.15, 0.2) is 0 Å². The average Bonchev–Trinajstić information content (AvgIpc) is 3.02. The fraction of sp³-hybridized carbons (Fsp3) is 0.368. The molecule has 1 aromatic carbocycles. The number of halogens is 2. The Hall–Kier alpha value is -1.58. The first-order valence-corrected chi connectivity index (χ1v) is 8.04. The molecule has 0 bridgehead atoms. The molecule has 0 spiro atoms. The molecule has 0 amide bonds. The molecule has 3 rings (SSSR count). The van der Waals surface area contributed by atoms with E-state index >= 15 is 0 Å². The smallest absolute Gasteiger partial charge is 0.134 e. The molecular weight excluding hydrogens is 313 g/mol. The van der Waals surface area contributed by atoms with Crippen molar-refractivity contribution >= 4 is 12.4 Å². The Labute approximate surface area is 143 Å². The molecule has 0 unspecified atom stereocenters. The van der Waals surface area contributed by atoms with E-state index in [1.54, 1.807) is 17.7 Å². The molecule has 0 saturated heterocycles. The van der Waals surface area contributed by atoms with Gasteiger partial charge in [-0.15, -0.1) is 12.4 Å². The van der Waals surface area contributed by atoms with Crippen LogP contribution >= 0.6 is 12.4 Å². The minimum atomic E-state index is -0.228. The van der Waals surface area contributed by atoms with Crippen LogP contribution in [0.4, 0.5) is 4.39 Å². The van der Waals surface area contributed by atoms with Gasteiger partial charge >= 0.3 is 0 Å². The zero-order chi connectivity index (χ0) is 15.2. The zero-order valence-electron chi connectivity index (χ0n) is 13.2. The van der Waals surface area contributed by atoms with E-state index in [9.17, 15) is 4.39 Å². The molecule has 0 atom stereocenters. The number of hydrogen-bond donors (Lipinski definition) is 1. The van der Waals surface area contributed by atoms with Crippen LogP contribution in [0.5, 0.6) is 0 Å². The predicted molar refractivity (Wildman–Crippen MR) is 94.2 cm³/mol. The van der Waals surface area contributed by atoms with Crippen molar-refractivity contribution < 1.29 is 8.81 Å². The molecule has 1 aromatic heterocycles. The van der Waals surface area contributed by atoms with Crippen molar-refractivity contribution in [2.24, 2.45) is 0 Å². The topological polar surface area (TPSA) is 25.2 Å². The monoisotopic (exact) mass is 335 g/mol. The van der Waals surface area contributed by atoms with E-state index in [4.69, 9.17) is 4.42 Å². The number of allylic oxidation sites excluding steroid dienone is 1. The Morgan fingerprint density at radius 3 is 2.61 bits per heavy atom. The Morgan fingerprint density at radius 1 is 1.04 bits per heavy atom.